The van der Waals surface area contributed by atoms with E-state index in [1.165, 1.54) is 109 Å². The van der Waals surface area contributed by atoms with Crippen molar-refractivity contribution in [2.75, 3.05) is 46.5 Å². The summed E-state index contributed by atoms with van der Waals surface area (Å²) in [6, 6.07) is 0. The van der Waals surface area contributed by atoms with Gasteiger partial charge in [0, 0.05) is 20.1 Å². The topological polar surface area (TPSA) is 105 Å². The highest BCUT2D eigenvalue weighted by Gasteiger charge is 2.27. The van der Waals surface area contributed by atoms with Crippen molar-refractivity contribution in [3.63, 3.8) is 0 Å². The average molecular weight is 809 g/mol. The number of nitrogens with one attached hydrogen (secondary N) is 1. The Morgan fingerprint density at radius 1 is 0.561 bits per heavy atom. The number of esters is 1. The van der Waals surface area contributed by atoms with Crippen molar-refractivity contribution in [1.82, 2.24) is 10.2 Å². The Bertz CT molecular complexity index is 885. The summed E-state index contributed by atoms with van der Waals surface area (Å²) in [6.45, 7) is 13.3. The average Bonchev–Trinajstić information content (AvgIpc) is 3.19. The molecule has 0 rings (SSSR count). The molecule has 0 saturated carbocycles. The second-order valence-corrected chi connectivity index (χ2v) is 17.5. The molecule has 0 aromatic carbocycles. The van der Waals surface area contributed by atoms with Crippen LogP contribution in [0, 0.1) is 17.8 Å². The molecule has 2 unspecified atom stereocenters. The number of carbonyl (C=O) groups is 3. The van der Waals surface area contributed by atoms with Gasteiger partial charge in [0.25, 0.3) is 0 Å². The van der Waals surface area contributed by atoms with Crippen molar-refractivity contribution in [3.05, 3.63) is 0 Å². The van der Waals surface area contributed by atoms with Crippen LogP contribution in [0.5, 0.6) is 0 Å². The largest absolute Gasteiger partial charge is 0.481 e. The maximum atomic E-state index is 12.6. The van der Waals surface area contributed by atoms with Crippen LogP contribution in [-0.2, 0) is 23.9 Å². The molecule has 2 atom stereocenters. The van der Waals surface area contributed by atoms with E-state index in [4.69, 9.17) is 9.47 Å². The number of hydrogen-bond donors (Lipinski definition) is 2. The molecule has 0 aliphatic rings. The summed E-state index contributed by atoms with van der Waals surface area (Å²) in [7, 11) is 1.54. The van der Waals surface area contributed by atoms with Crippen molar-refractivity contribution < 1.29 is 29.0 Å². The molecule has 0 saturated heterocycles. The van der Waals surface area contributed by atoms with Gasteiger partial charge in [0.15, 0.2) is 0 Å². The number of methoxy groups -OCH3 is 1. The Morgan fingerprint density at radius 2 is 1.00 bits per heavy atom. The molecule has 57 heavy (non-hydrogen) atoms. The highest BCUT2D eigenvalue weighted by molar-refractivity contribution is 5.77. The lowest BCUT2D eigenvalue weighted by Gasteiger charge is -2.25. The van der Waals surface area contributed by atoms with Gasteiger partial charge in [0.1, 0.15) is 6.61 Å². The van der Waals surface area contributed by atoms with Gasteiger partial charge in [0.2, 0.25) is 5.91 Å². The molecule has 0 spiro atoms. The number of nitrogens with zero attached hydrogens (tertiary/aromatic N) is 1. The van der Waals surface area contributed by atoms with Crippen LogP contribution in [0.2, 0.25) is 0 Å². The first-order valence-corrected chi connectivity index (χ1v) is 24.6. The lowest BCUT2D eigenvalue weighted by atomic mass is 9.80. The van der Waals surface area contributed by atoms with Gasteiger partial charge >= 0.3 is 11.9 Å². The van der Waals surface area contributed by atoms with Crippen molar-refractivity contribution in [2.24, 2.45) is 17.8 Å². The van der Waals surface area contributed by atoms with E-state index in [9.17, 15) is 19.5 Å². The van der Waals surface area contributed by atoms with Gasteiger partial charge in [0.05, 0.1) is 12.5 Å². The fourth-order valence-corrected chi connectivity index (χ4v) is 8.20. The van der Waals surface area contributed by atoms with E-state index in [2.05, 4.69) is 37.9 Å². The first-order chi connectivity index (χ1) is 27.8. The van der Waals surface area contributed by atoms with E-state index in [0.717, 1.165) is 110 Å². The Morgan fingerprint density at radius 3 is 1.51 bits per heavy atom. The van der Waals surface area contributed by atoms with Crippen LogP contribution >= 0.6 is 0 Å². The summed E-state index contributed by atoms with van der Waals surface area (Å²) in [4.78, 5) is 39.2. The Hall–Kier alpha value is -1.67. The SMILES string of the molecule is CCCCCCCCC(CCCCCCCC)C(CCCCCCN(CCCCCCCC(=O)OCC(C)CCCCCCC)CCCNC(=O)COC)C(=O)O. The van der Waals surface area contributed by atoms with Crippen molar-refractivity contribution in [2.45, 2.75) is 233 Å². The minimum Gasteiger partial charge on any atom is -0.481 e. The van der Waals surface area contributed by atoms with Crippen LogP contribution in [-0.4, -0.2) is 74.4 Å². The van der Waals surface area contributed by atoms with Gasteiger partial charge in [-0.2, -0.15) is 0 Å². The van der Waals surface area contributed by atoms with Crippen LogP contribution < -0.4 is 5.32 Å². The summed E-state index contributed by atoms with van der Waals surface area (Å²) in [5.41, 5.74) is 0. The maximum absolute atomic E-state index is 12.6. The van der Waals surface area contributed by atoms with E-state index < -0.39 is 5.97 Å². The number of rotatable bonds is 45. The summed E-state index contributed by atoms with van der Waals surface area (Å²) < 4.78 is 10.5. The van der Waals surface area contributed by atoms with Crippen molar-refractivity contribution in [1.29, 1.82) is 0 Å². The Balaban J connectivity index is 4.66. The molecule has 0 aromatic heterocycles. The van der Waals surface area contributed by atoms with Gasteiger partial charge in [-0.15, -0.1) is 0 Å². The zero-order chi connectivity index (χ0) is 42.0. The van der Waals surface area contributed by atoms with E-state index in [0.29, 0.717) is 31.4 Å². The molecule has 8 heteroatoms. The number of carboxylic acid groups (broad SMARTS) is 1. The lowest BCUT2D eigenvalue weighted by Crippen LogP contribution is -2.32. The first kappa shape index (κ1) is 55.3. The van der Waals surface area contributed by atoms with E-state index in [1.807, 2.05) is 0 Å². The highest BCUT2D eigenvalue weighted by Crippen LogP contribution is 2.30. The van der Waals surface area contributed by atoms with Gasteiger partial charge in [-0.3, -0.25) is 14.4 Å². The number of aliphatic carboxylic acids is 1. The molecule has 1 amide bonds. The molecule has 338 valence electrons. The smallest absolute Gasteiger partial charge is 0.306 e. The molecule has 8 nitrogen and oxygen atoms in total. The number of unbranched alkanes of at least 4 members (excludes halogenated alkanes) is 21. The number of carboxylic acids is 1. The lowest BCUT2D eigenvalue weighted by molar-refractivity contribution is -0.145. The summed E-state index contributed by atoms with van der Waals surface area (Å²) in [6.07, 6.45) is 36.8. The fourth-order valence-electron chi connectivity index (χ4n) is 8.20. The fraction of sp³-hybridized carbons (Fsp3) is 0.939. The molecular weight excluding hydrogens is 713 g/mol. The van der Waals surface area contributed by atoms with Gasteiger partial charge in [-0.25, -0.2) is 0 Å². The molecule has 0 aliphatic carbocycles. The van der Waals surface area contributed by atoms with Gasteiger partial charge in [-0.1, -0.05) is 175 Å². The molecule has 0 aromatic rings. The molecule has 2 N–H and O–H groups in total. The number of carbonyl (C=O) groups excluding carboxylic acids is 2. The molecule has 0 bridgehead atoms. The Labute approximate surface area is 353 Å². The third kappa shape index (κ3) is 37.1. The standard InChI is InChI=1S/C49H96N2O6/c1-6-9-12-15-19-26-34-45(35-27-20-16-13-10-7-2)46(49(54)55)36-28-22-24-31-40-51(41-32-38-50-47(52)43-56-5)39-30-23-17-21-29-37-48(53)57-42-44(4)33-25-18-14-11-8-3/h44-46H,6-43H2,1-5H3,(H,50,52)(H,54,55). The minimum absolute atomic E-state index is 0.0452. The molecular formula is C49H96N2O6. The van der Waals surface area contributed by atoms with Crippen LogP contribution in [0.1, 0.15) is 233 Å². The third-order valence-corrected chi connectivity index (χ3v) is 11.9. The monoisotopic (exact) mass is 809 g/mol. The van der Waals surface area contributed by atoms with E-state index in [-0.39, 0.29) is 24.4 Å². The molecule has 0 heterocycles. The normalized spacial score (nSPS) is 12.7. The third-order valence-electron chi connectivity index (χ3n) is 11.9. The maximum Gasteiger partial charge on any atom is 0.306 e. The van der Waals surface area contributed by atoms with Crippen LogP contribution in [0.3, 0.4) is 0 Å². The Kier molecular flexibility index (Phi) is 41.2. The summed E-state index contributed by atoms with van der Waals surface area (Å²) >= 11 is 0. The second kappa shape index (κ2) is 42.5. The minimum atomic E-state index is -0.575. The van der Waals surface area contributed by atoms with E-state index in [1.54, 1.807) is 7.11 Å². The summed E-state index contributed by atoms with van der Waals surface area (Å²) in [5, 5.41) is 13.3. The van der Waals surface area contributed by atoms with Gasteiger partial charge in [-0.05, 0) is 82.8 Å². The van der Waals surface area contributed by atoms with E-state index >= 15 is 0 Å². The zero-order valence-corrected chi connectivity index (χ0v) is 38.5. The quantitative estimate of drug-likeness (QED) is 0.0466. The number of ether oxygens (including phenoxy) is 2. The highest BCUT2D eigenvalue weighted by atomic mass is 16.5. The molecule has 0 fully saturated rings. The zero-order valence-electron chi connectivity index (χ0n) is 38.5. The van der Waals surface area contributed by atoms with Crippen LogP contribution in [0.15, 0.2) is 0 Å². The van der Waals surface area contributed by atoms with Crippen molar-refractivity contribution >= 4 is 17.8 Å². The van der Waals surface area contributed by atoms with Crippen LogP contribution in [0.25, 0.3) is 0 Å². The van der Waals surface area contributed by atoms with Crippen LogP contribution in [0.4, 0.5) is 0 Å². The first-order valence-electron chi connectivity index (χ1n) is 24.6. The van der Waals surface area contributed by atoms with Gasteiger partial charge < -0.3 is 24.8 Å². The second-order valence-electron chi connectivity index (χ2n) is 17.5. The number of amides is 1. The predicted octanol–water partition coefficient (Wildman–Crippen LogP) is 13.1. The molecule has 0 radical (unpaired) electrons. The number of hydrogen-bond acceptors (Lipinski definition) is 6. The molecule has 0 aliphatic heterocycles. The summed E-state index contributed by atoms with van der Waals surface area (Å²) in [5.74, 6) is -0.130. The van der Waals surface area contributed by atoms with Crippen molar-refractivity contribution in [3.8, 4) is 0 Å². The predicted molar refractivity (Wildman–Crippen MR) is 241 cm³/mol.